The number of carbonyl (C=O) groups is 2. The van der Waals surface area contributed by atoms with Gasteiger partial charge in [0.2, 0.25) is 5.91 Å². The first kappa shape index (κ1) is 19.7. The Labute approximate surface area is 165 Å². The van der Waals surface area contributed by atoms with Crippen LogP contribution in [-0.2, 0) is 24.3 Å². The van der Waals surface area contributed by atoms with Crippen LogP contribution in [0.15, 0.2) is 42.5 Å². The largest absolute Gasteiger partial charge is 0.497 e. The van der Waals surface area contributed by atoms with Gasteiger partial charge in [-0.15, -0.1) is 0 Å². The molecule has 3 amide bonds. The predicted molar refractivity (Wildman–Crippen MR) is 109 cm³/mol. The van der Waals surface area contributed by atoms with Gasteiger partial charge in [0.05, 0.1) is 7.11 Å². The van der Waals surface area contributed by atoms with E-state index in [1.54, 1.807) is 7.11 Å². The van der Waals surface area contributed by atoms with Crippen molar-refractivity contribution in [2.24, 2.45) is 5.92 Å². The van der Waals surface area contributed by atoms with Gasteiger partial charge in [-0.2, -0.15) is 0 Å². The highest BCUT2D eigenvalue weighted by Crippen LogP contribution is 2.23. The molecule has 0 saturated heterocycles. The second-order valence-electron chi connectivity index (χ2n) is 7.30. The van der Waals surface area contributed by atoms with Gasteiger partial charge in [0.25, 0.3) is 0 Å². The van der Waals surface area contributed by atoms with Crippen LogP contribution in [0, 0.1) is 5.92 Å². The van der Waals surface area contributed by atoms with E-state index in [-0.39, 0.29) is 17.9 Å². The minimum atomic E-state index is -0.262. The van der Waals surface area contributed by atoms with Crippen molar-refractivity contribution >= 4 is 17.6 Å². The topological polar surface area (TPSA) is 70.7 Å². The van der Waals surface area contributed by atoms with E-state index in [0.717, 1.165) is 35.5 Å². The molecule has 3 rings (SSSR count). The number of hydrogen-bond acceptors (Lipinski definition) is 3. The second-order valence-corrected chi connectivity index (χ2v) is 7.30. The van der Waals surface area contributed by atoms with E-state index < -0.39 is 0 Å². The van der Waals surface area contributed by atoms with Crippen molar-refractivity contribution < 1.29 is 14.3 Å². The summed E-state index contributed by atoms with van der Waals surface area (Å²) in [6.45, 7) is 5.61. The first-order valence-corrected chi connectivity index (χ1v) is 9.54. The molecule has 0 spiro atoms. The number of urea groups is 1. The summed E-state index contributed by atoms with van der Waals surface area (Å²) in [4.78, 5) is 26.4. The minimum Gasteiger partial charge on any atom is -0.497 e. The summed E-state index contributed by atoms with van der Waals surface area (Å²) in [5.41, 5.74) is 4.04. The van der Waals surface area contributed by atoms with Gasteiger partial charge in [-0.25, -0.2) is 4.79 Å². The number of fused-ring (bicyclic) bond motifs is 1. The molecule has 1 heterocycles. The average Bonchev–Trinajstić information content (AvgIpc) is 2.71. The van der Waals surface area contributed by atoms with Crippen molar-refractivity contribution in [3.05, 3.63) is 59.2 Å². The second kappa shape index (κ2) is 8.78. The van der Waals surface area contributed by atoms with E-state index in [0.29, 0.717) is 13.1 Å². The summed E-state index contributed by atoms with van der Waals surface area (Å²) in [5, 5.41) is 5.72. The van der Waals surface area contributed by atoms with Gasteiger partial charge < -0.3 is 20.3 Å². The molecule has 0 atom stereocenters. The molecule has 1 aliphatic heterocycles. The summed E-state index contributed by atoms with van der Waals surface area (Å²) in [7, 11) is 1.62. The number of ether oxygens (including phenoxy) is 1. The number of carbonyl (C=O) groups excluding carboxylic acids is 2. The molecule has 2 N–H and O–H groups in total. The number of methoxy groups -OCH3 is 1. The molecule has 1 aliphatic rings. The summed E-state index contributed by atoms with van der Waals surface area (Å²) < 4.78 is 5.13. The zero-order chi connectivity index (χ0) is 20.1. The highest BCUT2D eigenvalue weighted by molar-refractivity contribution is 5.89. The van der Waals surface area contributed by atoms with E-state index >= 15 is 0 Å². The Bertz CT molecular complexity index is 847. The van der Waals surface area contributed by atoms with Gasteiger partial charge in [0, 0.05) is 31.2 Å². The smallest absolute Gasteiger partial charge is 0.319 e. The molecule has 0 aliphatic carbocycles. The standard InChI is InChI=1S/C22H27N3O3/c1-15(2)21(26)25-11-10-17-6-7-19(12-18(17)14-25)24-22(27)23-13-16-4-8-20(28-3)9-5-16/h4-9,12,15H,10-11,13-14H2,1-3H3,(H2,23,24,27). The minimum absolute atomic E-state index is 0.00779. The molecular formula is C22H27N3O3. The molecule has 28 heavy (non-hydrogen) atoms. The van der Waals surface area contributed by atoms with Crippen molar-refractivity contribution in [2.75, 3.05) is 19.0 Å². The summed E-state index contributed by atoms with van der Waals surface area (Å²) in [6, 6.07) is 13.2. The Hall–Kier alpha value is -3.02. The Morgan fingerprint density at radius 1 is 1.11 bits per heavy atom. The molecule has 6 heteroatoms. The van der Waals surface area contributed by atoms with Gasteiger partial charge in [-0.1, -0.05) is 32.0 Å². The van der Waals surface area contributed by atoms with Crippen LogP contribution >= 0.6 is 0 Å². The normalized spacial score (nSPS) is 13.1. The predicted octanol–water partition coefficient (Wildman–Crippen LogP) is 3.56. The molecule has 0 bridgehead atoms. The Morgan fingerprint density at radius 2 is 1.86 bits per heavy atom. The number of amides is 3. The third-order valence-corrected chi connectivity index (χ3v) is 4.89. The fourth-order valence-electron chi connectivity index (χ4n) is 3.29. The van der Waals surface area contributed by atoms with E-state index in [1.165, 1.54) is 5.56 Å². The monoisotopic (exact) mass is 381 g/mol. The Balaban J connectivity index is 1.58. The van der Waals surface area contributed by atoms with E-state index in [4.69, 9.17) is 4.74 Å². The van der Waals surface area contributed by atoms with E-state index in [9.17, 15) is 9.59 Å². The summed E-state index contributed by atoms with van der Waals surface area (Å²) in [6.07, 6.45) is 0.845. The number of hydrogen-bond donors (Lipinski definition) is 2. The lowest BCUT2D eigenvalue weighted by molar-refractivity contribution is -0.135. The van der Waals surface area contributed by atoms with Crippen molar-refractivity contribution in [1.29, 1.82) is 0 Å². The molecule has 0 unspecified atom stereocenters. The molecule has 6 nitrogen and oxygen atoms in total. The number of benzene rings is 2. The van der Waals surface area contributed by atoms with Gasteiger partial charge in [0.1, 0.15) is 5.75 Å². The number of nitrogens with zero attached hydrogens (tertiary/aromatic N) is 1. The molecule has 2 aromatic rings. The van der Waals surface area contributed by atoms with Gasteiger partial charge in [0.15, 0.2) is 0 Å². The van der Waals surface area contributed by atoms with Crippen LogP contribution in [-0.4, -0.2) is 30.5 Å². The maximum atomic E-state index is 12.3. The zero-order valence-electron chi connectivity index (χ0n) is 16.6. The first-order chi connectivity index (χ1) is 13.5. The third-order valence-electron chi connectivity index (χ3n) is 4.89. The lowest BCUT2D eigenvalue weighted by Gasteiger charge is -2.30. The highest BCUT2D eigenvalue weighted by Gasteiger charge is 2.22. The van der Waals surface area contributed by atoms with Crippen LogP contribution in [0.25, 0.3) is 0 Å². The highest BCUT2D eigenvalue weighted by atomic mass is 16.5. The molecule has 0 fully saturated rings. The van der Waals surface area contributed by atoms with Crippen molar-refractivity contribution in [1.82, 2.24) is 10.2 Å². The Kier molecular flexibility index (Phi) is 6.19. The summed E-state index contributed by atoms with van der Waals surface area (Å²) >= 11 is 0. The molecule has 0 saturated carbocycles. The maximum Gasteiger partial charge on any atom is 0.319 e. The lowest BCUT2D eigenvalue weighted by atomic mass is 9.98. The van der Waals surface area contributed by atoms with Crippen molar-refractivity contribution in [3.63, 3.8) is 0 Å². The van der Waals surface area contributed by atoms with Crippen molar-refractivity contribution in [2.45, 2.75) is 33.4 Å². The van der Waals surface area contributed by atoms with Crippen molar-refractivity contribution in [3.8, 4) is 5.75 Å². The number of rotatable bonds is 5. The first-order valence-electron chi connectivity index (χ1n) is 9.54. The van der Waals surface area contributed by atoms with Crippen LogP contribution in [0.5, 0.6) is 5.75 Å². The zero-order valence-corrected chi connectivity index (χ0v) is 16.6. The Morgan fingerprint density at radius 3 is 2.54 bits per heavy atom. The third kappa shape index (κ3) is 4.82. The molecule has 148 valence electrons. The SMILES string of the molecule is COc1ccc(CNC(=O)Nc2ccc3c(c2)CN(C(=O)C(C)C)CC3)cc1. The quantitative estimate of drug-likeness (QED) is 0.832. The lowest BCUT2D eigenvalue weighted by Crippen LogP contribution is -2.38. The van der Waals surface area contributed by atoms with Crippen LogP contribution in [0.1, 0.15) is 30.5 Å². The van der Waals surface area contributed by atoms with E-state index in [1.807, 2.05) is 61.2 Å². The van der Waals surface area contributed by atoms with Crippen LogP contribution in [0.4, 0.5) is 10.5 Å². The average molecular weight is 381 g/mol. The van der Waals surface area contributed by atoms with Crippen LogP contribution < -0.4 is 15.4 Å². The number of nitrogens with one attached hydrogen (secondary N) is 2. The molecule has 0 aromatic heterocycles. The molecule has 2 aromatic carbocycles. The maximum absolute atomic E-state index is 12.3. The molecular weight excluding hydrogens is 354 g/mol. The van der Waals surface area contributed by atoms with Gasteiger partial charge >= 0.3 is 6.03 Å². The van der Waals surface area contributed by atoms with E-state index in [2.05, 4.69) is 10.6 Å². The molecule has 0 radical (unpaired) electrons. The van der Waals surface area contributed by atoms with Crippen LogP contribution in [0.3, 0.4) is 0 Å². The summed E-state index contributed by atoms with van der Waals surface area (Å²) in [5.74, 6) is 0.945. The number of anilines is 1. The fraction of sp³-hybridized carbons (Fsp3) is 0.364. The van der Waals surface area contributed by atoms with Gasteiger partial charge in [-0.3, -0.25) is 4.79 Å². The van der Waals surface area contributed by atoms with Crippen LogP contribution in [0.2, 0.25) is 0 Å². The van der Waals surface area contributed by atoms with Gasteiger partial charge in [-0.05, 0) is 47.4 Å². The fourth-order valence-corrected chi connectivity index (χ4v) is 3.29.